The first kappa shape index (κ1) is 12.4. The molecule has 0 bridgehead atoms. The molecule has 3 heteroatoms. The molecule has 0 aliphatic heterocycles. The van der Waals surface area contributed by atoms with Crippen molar-refractivity contribution < 1.29 is 4.74 Å². The van der Waals surface area contributed by atoms with E-state index in [2.05, 4.69) is 34.7 Å². The smallest absolute Gasteiger partial charge is 0.120 e. The van der Waals surface area contributed by atoms with Crippen LogP contribution < -0.4 is 10.5 Å². The Kier molecular flexibility index (Phi) is 4.39. The fourth-order valence-electron chi connectivity index (χ4n) is 1.54. The summed E-state index contributed by atoms with van der Waals surface area (Å²) < 4.78 is 6.91. The normalized spacial score (nSPS) is 10.2. The lowest BCUT2D eigenvalue weighted by molar-refractivity contribution is 0.306. The molecule has 0 fully saturated rings. The van der Waals surface area contributed by atoms with E-state index in [0.717, 1.165) is 11.3 Å². The van der Waals surface area contributed by atoms with Gasteiger partial charge in [-0.25, -0.2) is 0 Å². The number of halogens is 1. The van der Waals surface area contributed by atoms with Crippen molar-refractivity contribution in [1.82, 2.24) is 0 Å². The largest absolute Gasteiger partial charge is 0.489 e. The molecule has 0 radical (unpaired) electrons. The summed E-state index contributed by atoms with van der Waals surface area (Å²) in [5.41, 5.74) is 7.95. The van der Waals surface area contributed by atoms with Crippen LogP contribution in [0, 0.1) is 3.57 Å². The SMILES string of the molecule is NCc1cc(OCc2ccccc2)ccc1I. The minimum atomic E-state index is 0.542. The lowest BCUT2D eigenvalue weighted by Gasteiger charge is -2.08. The van der Waals surface area contributed by atoms with Crippen LogP contribution in [0.1, 0.15) is 11.1 Å². The number of ether oxygens (including phenoxy) is 1. The lowest BCUT2D eigenvalue weighted by Crippen LogP contribution is -2.01. The van der Waals surface area contributed by atoms with Crippen molar-refractivity contribution in [3.8, 4) is 5.75 Å². The molecule has 0 unspecified atom stereocenters. The zero-order valence-corrected chi connectivity index (χ0v) is 11.6. The van der Waals surface area contributed by atoms with Crippen molar-refractivity contribution in [2.75, 3.05) is 0 Å². The van der Waals surface area contributed by atoms with Crippen molar-refractivity contribution in [3.05, 3.63) is 63.2 Å². The number of hydrogen-bond donors (Lipinski definition) is 1. The average Bonchev–Trinajstić information content (AvgIpc) is 2.39. The van der Waals surface area contributed by atoms with Crippen LogP contribution in [0.5, 0.6) is 5.75 Å². The van der Waals surface area contributed by atoms with Crippen LogP contribution in [0.15, 0.2) is 48.5 Å². The highest BCUT2D eigenvalue weighted by Gasteiger charge is 2.01. The van der Waals surface area contributed by atoms with E-state index in [1.807, 2.05) is 36.4 Å². The van der Waals surface area contributed by atoms with E-state index >= 15 is 0 Å². The highest BCUT2D eigenvalue weighted by Crippen LogP contribution is 2.20. The van der Waals surface area contributed by atoms with Gasteiger partial charge in [-0.3, -0.25) is 0 Å². The number of nitrogens with two attached hydrogens (primary N) is 1. The molecular weight excluding hydrogens is 325 g/mol. The Balaban J connectivity index is 2.04. The van der Waals surface area contributed by atoms with Crippen molar-refractivity contribution in [3.63, 3.8) is 0 Å². The molecule has 2 nitrogen and oxygen atoms in total. The predicted molar refractivity (Wildman–Crippen MR) is 77.8 cm³/mol. The van der Waals surface area contributed by atoms with Gasteiger partial charge in [-0.15, -0.1) is 0 Å². The summed E-state index contributed by atoms with van der Waals surface area (Å²) in [5.74, 6) is 0.870. The van der Waals surface area contributed by atoms with Crippen molar-refractivity contribution in [2.45, 2.75) is 13.2 Å². The maximum absolute atomic E-state index is 5.73. The van der Waals surface area contributed by atoms with E-state index in [0.29, 0.717) is 13.2 Å². The second-order valence-corrected chi connectivity index (χ2v) is 4.89. The van der Waals surface area contributed by atoms with Crippen LogP contribution in [-0.4, -0.2) is 0 Å². The van der Waals surface area contributed by atoms with Crippen LogP contribution in [0.2, 0.25) is 0 Å². The first-order chi connectivity index (χ1) is 8.29. The molecule has 0 amide bonds. The topological polar surface area (TPSA) is 35.2 Å². The van der Waals surface area contributed by atoms with Gasteiger partial charge in [0.15, 0.2) is 0 Å². The number of benzene rings is 2. The van der Waals surface area contributed by atoms with E-state index in [1.165, 1.54) is 9.13 Å². The maximum atomic E-state index is 5.73. The Morgan fingerprint density at radius 2 is 1.82 bits per heavy atom. The summed E-state index contributed by atoms with van der Waals surface area (Å²) in [7, 11) is 0. The fraction of sp³-hybridized carbons (Fsp3) is 0.143. The average molecular weight is 339 g/mol. The van der Waals surface area contributed by atoms with Gasteiger partial charge in [0.1, 0.15) is 12.4 Å². The van der Waals surface area contributed by atoms with Gasteiger partial charge in [0, 0.05) is 10.1 Å². The molecule has 2 aromatic carbocycles. The molecule has 0 aromatic heterocycles. The van der Waals surface area contributed by atoms with Gasteiger partial charge in [-0.2, -0.15) is 0 Å². The Morgan fingerprint density at radius 3 is 2.53 bits per heavy atom. The van der Waals surface area contributed by atoms with E-state index in [-0.39, 0.29) is 0 Å². The molecule has 0 spiro atoms. The van der Waals surface area contributed by atoms with Gasteiger partial charge >= 0.3 is 0 Å². The lowest BCUT2D eigenvalue weighted by atomic mass is 10.2. The third-order valence-corrected chi connectivity index (χ3v) is 3.54. The molecule has 0 saturated carbocycles. The molecule has 2 rings (SSSR count). The summed E-state index contributed by atoms with van der Waals surface area (Å²) in [6.07, 6.45) is 0. The monoisotopic (exact) mass is 339 g/mol. The minimum Gasteiger partial charge on any atom is -0.489 e. The van der Waals surface area contributed by atoms with E-state index in [4.69, 9.17) is 10.5 Å². The summed E-state index contributed by atoms with van der Waals surface area (Å²) >= 11 is 2.28. The van der Waals surface area contributed by atoms with E-state index in [1.54, 1.807) is 0 Å². The van der Waals surface area contributed by atoms with Crippen molar-refractivity contribution >= 4 is 22.6 Å². The first-order valence-electron chi connectivity index (χ1n) is 5.45. The number of rotatable bonds is 4. The van der Waals surface area contributed by atoms with Gasteiger partial charge in [0.25, 0.3) is 0 Å². The van der Waals surface area contributed by atoms with Crippen LogP contribution in [0.4, 0.5) is 0 Å². The third-order valence-electron chi connectivity index (χ3n) is 2.49. The van der Waals surface area contributed by atoms with Gasteiger partial charge in [0.2, 0.25) is 0 Å². The Morgan fingerprint density at radius 1 is 1.06 bits per heavy atom. The molecule has 0 heterocycles. The highest BCUT2D eigenvalue weighted by atomic mass is 127. The molecule has 0 aliphatic carbocycles. The molecule has 0 saturated heterocycles. The summed E-state index contributed by atoms with van der Waals surface area (Å²) in [5, 5.41) is 0. The Hall–Kier alpha value is -1.07. The Labute approximate surface area is 115 Å². The molecule has 0 atom stereocenters. The summed E-state index contributed by atoms with van der Waals surface area (Å²) in [4.78, 5) is 0. The summed E-state index contributed by atoms with van der Waals surface area (Å²) in [6.45, 7) is 1.13. The minimum absolute atomic E-state index is 0.542. The summed E-state index contributed by atoms with van der Waals surface area (Å²) in [6, 6.07) is 16.1. The van der Waals surface area contributed by atoms with Crippen LogP contribution in [0.25, 0.3) is 0 Å². The van der Waals surface area contributed by atoms with Gasteiger partial charge in [-0.1, -0.05) is 30.3 Å². The maximum Gasteiger partial charge on any atom is 0.120 e. The van der Waals surface area contributed by atoms with Crippen molar-refractivity contribution in [2.24, 2.45) is 5.73 Å². The van der Waals surface area contributed by atoms with E-state index < -0.39 is 0 Å². The highest BCUT2D eigenvalue weighted by molar-refractivity contribution is 14.1. The Bertz CT molecular complexity index is 485. The van der Waals surface area contributed by atoms with Crippen LogP contribution >= 0.6 is 22.6 Å². The second kappa shape index (κ2) is 6.02. The van der Waals surface area contributed by atoms with Crippen molar-refractivity contribution in [1.29, 1.82) is 0 Å². The molecule has 88 valence electrons. The molecule has 2 aromatic rings. The molecular formula is C14H14INO. The quantitative estimate of drug-likeness (QED) is 0.868. The van der Waals surface area contributed by atoms with Crippen LogP contribution in [0.3, 0.4) is 0 Å². The zero-order valence-electron chi connectivity index (χ0n) is 9.40. The van der Waals surface area contributed by atoms with Gasteiger partial charge in [0.05, 0.1) is 0 Å². The number of hydrogen-bond acceptors (Lipinski definition) is 2. The second-order valence-electron chi connectivity index (χ2n) is 3.73. The first-order valence-corrected chi connectivity index (χ1v) is 6.52. The fourth-order valence-corrected chi connectivity index (χ4v) is 2.09. The standard InChI is InChI=1S/C14H14INO/c15-14-7-6-13(8-12(14)9-16)17-10-11-4-2-1-3-5-11/h1-8H,9-10,16H2. The van der Waals surface area contributed by atoms with E-state index in [9.17, 15) is 0 Å². The zero-order chi connectivity index (χ0) is 12.1. The molecule has 17 heavy (non-hydrogen) atoms. The third kappa shape index (κ3) is 3.44. The predicted octanol–water partition coefficient (Wildman–Crippen LogP) is 3.33. The van der Waals surface area contributed by atoms with Gasteiger partial charge in [-0.05, 0) is 51.9 Å². The van der Waals surface area contributed by atoms with Crippen LogP contribution in [-0.2, 0) is 13.2 Å². The van der Waals surface area contributed by atoms with Gasteiger partial charge < -0.3 is 10.5 Å². The molecule has 0 aliphatic rings. The molecule has 2 N–H and O–H groups in total.